The van der Waals surface area contributed by atoms with Crippen molar-refractivity contribution in [2.24, 2.45) is 5.14 Å². The van der Waals surface area contributed by atoms with Crippen molar-refractivity contribution in [3.8, 4) is 0 Å². The molecular weight excluding hydrogens is 348 g/mol. The fraction of sp³-hybridized carbons (Fsp3) is 0.250. The fourth-order valence-corrected chi connectivity index (χ4v) is 3.85. The van der Waals surface area contributed by atoms with E-state index < -0.39 is 20.0 Å². The number of hydrogen-bond acceptors (Lipinski definition) is 4. The van der Waals surface area contributed by atoms with Crippen LogP contribution in [-0.2, 0) is 20.0 Å². The summed E-state index contributed by atoms with van der Waals surface area (Å²) in [6.45, 7) is 4.05. The number of anilines is 1. The number of sulfonamides is 2. The molecule has 8 heteroatoms. The molecular formula is C16H20N2O4S2. The third kappa shape index (κ3) is 4.14. The summed E-state index contributed by atoms with van der Waals surface area (Å²) in [5, 5.41) is 5.02. The van der Waals surface area contributed by atoms with Gasteiger partial charge in [0.2, 0.25) is 10.0 Å². The Kier molecular flexibility index (Phi) is 5.32. The van der Waals surface area contributed by atoms with Gasteiger partial charge in [-0.05, 0) is 48.2 Å². The topological polar surface area (TPSA) is 106 Å². The molecule has 0 amide bonds. The molecule has 0 aromatic heterocycles. The summed E-state index contributed by atoms with van der Waals surface area (Å²) < 4.78 is 50.1. The first-order chi connectivity index (χ1) is 11.1. The Balaban J connectivity index is 2.36. The van der Waals surface area contributed by atoms with Crippen LogP contribution in [0.15, 0.2) is 58.3 Å². The Hall–Kier alpha value is -1.90. The quantitative estimate of drug-likeness (QED) is 0.817. The monoisotopic (exact) mass is 368 g/mol. The number of hydrogen-bond donors (Lipinski definition) is 2. The molecule has 130 valence electrons. The third-order valence-corrected chi connectivity index (χ3v) is 6.12. The second-order valence-corrected chi connectivity index (χ2v) is 8.76. The Labute approximate surface area is 142 Å². The number of primary sulfonamides is 1. The summed E-state index contributed by atoms with van der Waals surface area (Å²) in [5.41, 5.74) is 1.42. The normalized spacial score (nSPS) is 13.5. The van der Waals surface area contributed by atoms with Gasteiger partial charge < -0.3 is 0 Å². The molecule has 0 aliphatic carbocycles. The predicted octanol–water partition coefficient (Wildman–Crippen LogP) is 2.65. The van der Waals surface area contributed by atoms with E-state index in [-0.39, 0.29) is 15.7 Å². The van der Waals surface area contributed by atoms with Gasteiger partial charge in [-0.15, -0.1) is 0 Å². The van der Waals surface area contributed by atoms with Crippen LogP contribution in [0.25, 0.3) is 0 Å². The molecule has 2 aromatic rings. The van der Waals surface area contributed by atoms with Gasteiger partial charge in [0.1, 0.15) is 0 Å². The van der Waals surface area contributed by atoms with E-state index in [4.69, 9.17) is 5.14 Å². The molecule has 0 saturated heterocycles. The van der Waals surface area contributed by atoms with Crippen LogP contribution in [-0.4, -0.2) is 16.8 Å². The fourth-order valence-electron chi connectivity index (χ4n) is 2.25. The summed E-state index contributed by atoms with van der Waals surface area (Å²) in [6, 6.07) is 12.0. The summed E-state index contributed by atoms with van der Waals surface area (Å²) in [4.78, 5) is -0.171. The van der Waals surface area contributed by atoms with Crippen molar-refractivity contribution in [1.82, 2.24) is 0 Å². The van der Waals surface area contributed by atoms with Crippen molar-refractivity contribution in [2.75, 3.05) is 4.72 Å². The Morgan fingerprint density at radius 1 is 0.958 bits per heavy atom. The number of nitrogens with one attached hydrogen (secondary N) is 1. The lowest BCUT2D eigenvalue weighted by atomic mass is 9.97. The highest BCUT2D eigenvalue weighted by Crippen LogP contribution is 2.28. The molecule has 2 rings (SSSR count). The van der Waals surface area contributed by atoms with E-state index in [1.54, 1.807) is 12.1 Å². The lowest BCUT2D eigenvalue weighted by Gasteiger charge is -2.16. The highest BCUT2D eigenvalue weighted by molar-refractivity contribution is 7.92. The maximum absolute atomic E-state index is 12.5. The average Bonchev–Trinajstić information content (AvgIpc) is 2.53. The van der Waals surface area contributed by atoms with Crippen LogP contribution in [0.5, 0.6) is 0 Å². The van der Waals surface area contributed by atoms with Gasteiger partial charge in [0.05, 0.1) is 15.5 Å². The zero-order valence-electron chi connectivity index (χ0n) is 13.4. The molecule has 0 bridgehead atoms. The molecule has 0 heterocycles. The van der Waals surface area contributed by atoms with E-state index >= 15 is 0 Å². The molecule has 2 aromatic carbocycles. The summed E-state index contributed by atoms with van der Waals surface area (Å²) >= 11 is 0. The van der Waals surface area contributed by atoms with Crippen molar-refractivity contribution in [1.29, 1.82) is 0 Å². The van der Waals surface area contributed by atoms with Crippen molar-refractivity contribution >= 4 is 25.7 Å². The SMILES string of the molecule is CC[C@@H](C)c1ccccc1NS(=O)(=O)c1ccc(S(N)(=O)=O)cc1. The molecule has 24 heavy (non-hydrogen) atoms. The van der Waals surface area contributed by atoms with Crippen LogP contribution < -0.4 is 9.86 Å². The second-order valence-electron chi connectivity index (χ2n) is 5.52. The molecule has 3 N–H and O–H groups in total. The molecule has 0 fully saturated rings. The van der Waals surface area contributed by atoms with E-state index in [1.807, 2.05) is 26.0 Å². The molecule has 0 aliphatic rings. The van der Waals surface area contributed by atoms with Crippen molar-refractivity contribution in [3.05, 3.63) is 54.1 Å². The van der Waals surface area contributed by atoms with Crippen LogP contribution in [0.2, 0.25) is 0 Å². The first-order valence-electron chi connectivity index (χ1n) is 7.39. The summed E-state index contributed by atoms with van der Waals surface area (Å²) in [7, 11) is -7.69. The standard InChI is InChI=1S/C16H20N2O4S2/c1-3-12(2)15-6-4-5-7-16(15)18-24(21,22)14-10-8-13(9-11-14)23(17,19)20/h4-12,18H,3H2,1-2H3,(H2,17,19,20)/t12-/m1/s1. The van der Waals surface area contributed by atoms with Gasteiger partial charge in [-0.2, -0.15) is 0 Å². The lowest BCUT2D eigenvalue weighted by Crippen LogP contribution is -2.16. The van der Waals surface area contributed by atoms with E-state index in [1.165, 1.54) is 24.3 Å². The first-order valence-corrected chi connectivity index (χ1v) is 10.4. The average molecular weight is 368 g/mol. The minimum absolute atomic E-state index is 0.0335. The number of para-hydroxylation sites is 1. The molecule has 0 aliphatic heterocycles. The number of benzene rings is 2. The minimum atomic E-state index is -3.86. The predicted molar refractivity (Wildman–Crippen MR) is 93.8 cm³/mol. The maximum atomic E-state index is 12.5. The van der Waals surface area contributed by atoms with Gasteiger partial charge in [-0.25, -0.2) is 22.0 Å². The van der Waals surface area contributed by atoms with Crippen LogP contribution in [0.4, 0.5) is 5.69 Å². The second kappa shape index (κ2) is 6.92. The summed E-state index contributed by atoms with van der Waals surface area (Å²) in [5.74, 6) is 0.202. The molecule has 6 nitrogen and oxygen atoms in total. The molecule has 0 saturated carbocycles. The zero-order chi connectivity index (χ0) is 18.0. The Morgan fingerprint density at radius 2 is 1.50 bits per heavy atom. The molecule has 0 unspecified atom stereocenters. The minimum Gasteiger partial charge on any atom is -0.279 e. The van der Waals surface area contributed by atoms with Gasteiger partial charge in [0.15, 0.2) is 0 Å². The van der Waals surface area contributed by atoms with Gasteiger partial charge in [0.25, 0.3) is 10.0 Å². The Morgan fingerprint density at radius 3 is 2.04 bits per heavy atom. The van der Waals surface area contributed by atoms with Crippen molar-refractivity contribution < 1.29 is 16.8 Å². The molecule has 0 radical (unpaired) electrons. The largest absolute Gasteiger partial charge is 0.279 e. The van der Waals surface area contributed by atoms with Gasteiger partial charge in [-0.3, -0.25) is 4.72 Å². The zero-order valence-corrected chi connectivity index (χ0v) is 15.1. The highest BCUT2D eigenvalue weighted by Gasteiger charge is 2.18. The van der Waals surface area contributed by atoms with Crippen LogP contribution in [0.3, 0.4) is 0 Å². The van der Waals surface area contributed by atoms with Crippen LogP contribution in [0, 0.1) is 0 Å². The van der Waals surface area contributed by atoms with Gasteiger partial charge in [-0.1, -0.05) is 32.0 Å². The van der Waals surface area contributed by atoms with Crippen LogP contribution in [0.1, 0.15) is 31.7 Å². The first kappa shape index (κ1) is 18.4. The van der Waals surface area contributed by atoms with Crippen molar-refractivity contribution in [3.63, 3.8) is 0 Å². The Bertz CT molecular complexity index is 921. The third-order valence-electron chi connectivity index (χ3n) is 3.81. The van der Waals surface area contributed by atoms with E-state index in [2.05, 4.69) is 4.72 Å². The van der Waals surface area contributed by atoms with Crippen molar-refractivity contribution in [2.45, 2.75) is 36.0 Å². The summed E-state index contributed by atoms with van der Waals surface area (Å²) in [6.07, 6.45) is 0.877. The van der Waals surface area contributed by atoms with E-state index in [9.17, 15) is 16.8 Å². The lowest BCUT2D eigenvalue weighted by molar-refractivity contribution is 0.595. The molecule has 1 atom stereocenters. The number of nitrogens with two attached hydrogens (primary N) is 1. The highest BCUT2D eigenvalue weighted by atomic mass is 32.2. The smallest absolute Gasteiger partial charge is 0.261 e. The van der Waals surface area contributed by atoms with E-state index in [0.29, 0.717) is 5.69 Å². The van der Waals surface area contributed by atoms with E-state index in [0.717, 1.165) is 12.0 Å². The van der Waals surface area contributed by atoms with Gasteiger partial charge >= 0.3 is 0 Å². The number of rotatable bonds is 6. The van der Waals surface area contributed by atoms with Crippen LogP contribution >= 0.6 is 0 Å². The molecule has 0 spiro atoms. The van der Waals surface area contributed by atoms with Gasteiger partial charge in [0, 0.05) is 0 Å². The maximum Gasteiger partial charge on any atom is 0.261 e.